The van der Waals surface area contributed by atoms with Crippen molar-refractivity contribution >= 4 is 5.97 Å². The van der Waals surface area contributed by atoms with Crippen molar-refractivity contribution in [3.8, 4) is 0 Å². The summed E-state index contributed by atoms with van der Waals surface area (Å²) in [6.45, 7) is 8.82. The lowest BCUT2D eigenvalue weighted by Gasteiger charge is -2.05. The summed E-state index contributed by atoms with van der Waals surface area (Å²) in [6, 6.07) is 0. The van der Waals surface area contributed by atoms with Crippen LogP contribution in [0.15, 0.2) is 35.5 Å². The van der Waals surface area contributed by atoms with Crippen LogP contribution in [0, 0.1) is 0 Å². The van der Waals surface area contributed by atoms with Crippen molar-refractivity contribution in [2.75, 3.05) is 0 Å². The van der Waals surface area contributed by atoms with E-state index < -0.39 is 12.1 Å². The number of hydrogen-bond donors (Lipinski definition) is 2. The van der Waals surface area contributed by atoms with Gasteiger partial charge in [-0.2, -0.15) is 0 Å². The van der Waals surface area contributed by atoms with Gasteiger partial charge in [-0.05, 0) is 31.4 Å². The molecule has 3 nitrogen and oxygen atoms in total. The Morgan fingerprint density at radius 3 is 2.33 bits per heavy atom. The van der Waals surface area contributed by atoms with Crippen molar-refractivity contribution < 1.29 is 15.0 Å². The molecule has 0 radical (unpaired) electrons. The fraction of sp³-hybridized carbons (Fsp3) is 0.417. The first kappa shape index (κ1) is 13.7. The topological polar surface area (TPSA) is 57.5 Å². The molecule has 0 amide bonds. The summed E-state index contributed by atoms with van der Waals surface area (Å²) in [5.74, 6) is -0.913. The summed E-state index contributed by atoms with van der Waals surface area (Å²) < 4.78 is 0. The van der Waals surface area contributed by atoms with Gasteiger partial charge in [0.05, 0.1) is 6.10 Å². The van der Waals surface area contributed by atoms with Crippen LogP contribution in [0.3, 0.4) is 0 Å². The number of carbonyl (C=O) groups is 1. The molecule has 2 N–H and O–H groups in total. The quantitative estimate of drug-likeness (QED) is 0.416. The van der Waals surface area contributed by atoms with Crippen LogP contribution in [-0.4, -0.2) is 22.3 Å². The van der Waals surface area contributed by atoms with E-state index in [4.69, 9.17) is 5.11 Å². The summed E-state index contributed by atoms with van der Waals surface area (Å²) in [5, 5.41) is 18.3. The molecule has 0 aromatic carbocycles. The average Bonchev–Trinajstić information content (AvgIpc) is 2.14. The Kier molecular flexibility index (Phi) is 5.64. The van der Waals surface area contributed by atoms with Crippen LogP contribution in [0.1, 0.15) is 27.2 Å². The monoisotopic (exact) mass is 210 g/mol. The molecule has 0 bridgehead atoms. The van der Waals surface area contributed by atoms with E-state index >= 15 is 0 Å². The molecule has 0 aromatic rings. The summed E-state index contributed by atoms with van der Waals surface area (Å²) in [7, 11) is 0. The third-order valence-electron chi connectivity index (χ3n) is 2.12. The SMILES string of the molecule is C=C(C)C(O)C=CC(C)=C(CC)C(=O)O. The van der Waals surface area contributed by atoms with E-state index in [2.05, 4.69) is 6.58 Å². The van der Waals surface area contributed by atoms with Crippen LogP contribution in [0.2, 0.25) is 0 Å². The first-order valence-corrected chi connectivity index (χ1v) is 4.84. The molecular formula is C12H18O3. The molecule has 0 heterocycles. The van der Waals surface area contributed by atoms with Gasteiger partial charge in [0.1, 0.15) is 0 Å². The van der Waals surface area contributed by atoms with E-state index in [1.165, 1.54) is 6.08 Å². The average molecular weight is 210 g/mol. The van der Waals surface area contributed by atoms with Gasteiger partial charge in [-0.1, -0.05) is 25.7 Å². The highest BCUT2D eigenvalue weighted by Gasteiger charge is 2.07. The van der Waals surface area contributed by atoms with Gasteiger partial charge in [0.15, 0.2) is 0 Å². The second-order valence-electron chi connectivity index (χ2n) is 3.47. The van der Waals surface area contributed by atoms with Gasteiger partial charge < -0.3 is 10.2 Å². The summed E-state index contributed by atoms with van der Waals surface area (Å²) in [5.41, 5.74) is 1.65. The molecule has 0 saturated heterocycles. The Balaban J connectivity index is 4.78. The van der Waals surface area contributed by atoms with Crippen LogP contribution in [0.4, 0.5) is 0 Å². The number of aliphatic hydroxyl groups excluding tert-OH is 1. The first-order valence-electron chi connectivity index (χ1n) is 4.84. The molecule has 0 aliphatic heterocycles. The predicted octanol–water partition coefficient (Wildman–Crippen LogP) is 2.29. The third kappa shape index (κ3) is 4.61. The van der Waals surface area contributed by atoms with E-state index in [0.29, 0.717) is 23.1 Å². The molecule has 0 fully saturated rings. The van der Waals surface area contributed by atoms with E-state index in [1.54, 1.807) is 26.8 Å². The van der Waals surface area contributed by atoms with Crippen LogP contribution in [0.5, 0.6) is 0 Å². The lowest BCUT2D eigenvalue weighted by Crippen LogP contribution is -2.04. The second-order valence-corrected chi connectivity index (χ2v) is 3.47. The van der Waals surface area contributed by atoms with Crippen LogP contribution in [0.25, 0.3) is 0 Å². The normalized spacial score (nSPS) is 14.9. The minimum atomic E-state index is -0.913. The molecule has 0 rings (SSSR count). The number of hydrogen-bond acceptors (Lipinski definition) is 2. The molecule has 0 aliphatic rings. The van der Waals surface area contributed by atoms with Crippen LogP contribution >= 0.6 is 0 Å². The molecule has 0 aromatic heterocycles. The van der Waals surface area contributed by atoms with Crippen molar-refractivity contribution in [2.45, 2.75) is 33.3 Å². The number of rotatable bonds is 5. The zero-order chi connectivity index (χ0) is 12.0. The van der Waals surface area contributed by atoms with E-state index in [-0.39, 0.29) is 0 Å². The fourth-order valence-corrected chi connectivity index (χ4v) is 1.10. The lowest BCUT2D eigenvalue weighted by molar-refractivity contribution is -0.132. The highest BCUT2D eigenvalue weighted by molar-refractivity contribution is 5.87. The minimum Gasteiger partial charge on any atom is -0.478 e. The van der Waals surface area contributed by atoms with Crippen LogP contribution in [-0.2, 0) is 4.79 Å². The number of aliphatic carboxylic acids is 1. The Hall–Kier alpha value is -1.35. The Morgan fingerprint density at radius 2 is 2.00 bits per heavy atom. The van der Waals surface area contributed by atoms with Gasteiger partial charge in [0.25, 0.3) is 0 Å². The van der Waals surface area contributed by atoms with Crippen molar-refractivity contribution in [1.82, 2.24) is 0 Å². The molecule has 84 valence electrons. The highest BCUT2D eigenvalue weighted by Crippen LogP contribution is 2.11. The molecule has 1 atom stereocenters. The second kappa shape index (κ2) is 6.19. The largest absolute Gasteiger partial charge is 0.478 e. The number of carboxylic acids is 1. The predicted molar refractivity (Wildman–Crippen MR) is 60.6 cm³/mol. The first-order chi connectivity index (χ1) is 6.90. The molecule has 3 heteroatoms. The zero-order valence-electron chi connectivity index (χ0n) is 9.45. The molecule has 15 heavy (non-hydrogen) atoms. The summed E-state index contributed by atoms with van der Waals surface area (Å²) >= 11 is 0. The molecule has 0 aliphatic carbocycles. The fourth-order valence-electron chi connectivity index (χ4n) is 1.10. The Morgan fingerprint density at radius 1 is 1.47 bits per heavy atom. The lowest BCUT2D eigenvalue weighted by atomic mass is 10.1. The van der Waals surface area contributed by atoms with Crippen molar-refractivity contribution in [2.24, 2.45) is 0 Å². The summed E-state index contributed by atoms with van der Waals surface area (Å²) in [6.07, 6.45) is 2.91. The molecule has 0 spiro atoms. The van der Waals surface area contributed by atoms with Crippen molar-refractivity contribution in [3.05, 3.63) is 35.5 Å². The number of allylic oxidation sites excluding steroid dienone is 2. The highest BCUT2D eigenvalue weighted by atomic mass is 16.4. The zero-order valence-corrected chi connectivity index (χ0v) is 9.45. The molecule has 0 saturated carbocycles. The molecular weight excluding hydrogens is 192 g/mol. The van der Waals surface area contributed by atoms with Gasteiger partial charge in [0.2, 0.25) is 0 Å². The standard InChI is InChI=1S/C12H18O3/c1-5-10(12(14)15)9(4)6-7-11(13)8(2)3/h6-7,11,13H,2,5H2,1,3-4H3,(H,14,15). The maximum atomic E-state index is 10.8. The van der Waals surface area contributed by atoms with E-state index in [0.717, 1.165) is 0 Å². The minimum absolute atomic E-state index is 0.361. The van der Waals surface area contributed by atoms with Crippen LogP contribution < -0.4 is 0 Å². The van der Waals surface area contributed by atoms with Gasteiger partial charge in [0, 0.05) is 5.57 Å². The smallest absolute Gasteiger partial charge is 0.331 e. The van der Waals surface area contributed by atoms with Crippen molar-refractivity contribution in [3.63, 3.8) is 0 Å². The van der Waals surface area contributed by atoms with Gasteiger partial charge in [-0.15, -0.1) is 0 Å². The maximum absolute atomic E-state index is 10.8. The maximum Gasteiger partial charge on any atom is 0.331 e. The van der Waals surface area contributed by atoms with E-state index in [1.807, 2.05) is 0 Å². The number of aliphatic hydroxyl groups is 1. The van der Waals surface area contributed by atoms with Gasteiger partial charge >= 0.3 is 5.97 Å². The Labute approximate surface area is 90.4 Å². The van der Waals surface area contributed by atoms with Gasteiger partial charge in [-0.25, -0.2) is 4.79 Å². The van der Waals surface area contributed by atoms with E-state index in [9.17, 15) is 9.90 Å². The number of carboxylic acid groups (broad SMARTS) is 1. The molecule has 1 unspecified atom stereocenters. The third-order valence-corrected chi connectivity index (χ3v) is 2.12. The Bertz CT molecular complexity index is 311. The van der Waals surface area contributed by atoms with Crippen molar-refractivity contribution in [1.29, 1.82) is 0 Å². The summed E-state index contributed by atoms with van der Waals surface area (Å²) in [4.78, 5) is 10.8. The van der Waals surface area contributed by atoms with Gasteiger partial charge in [-0.3, -0.25) is 0 Å².